The van der Waals surface area contributed by atoms with E-state index in [-0.39, 0.29) is 5.91 Å². The number of ether oxygens (including phenoxy) is 1. The molecule has 3 rings (SSSR count). The summed E-state index contributed by atoms with van der Waals surface area (Å²) in [6.45, 7) is 12.3. The van der Waals surface area contributed by atoms with Crippen LogP contribution in [0.2, 0.25) is 0 Å². The van der Waals surface area contributed by atoms with Crippen molar-refractivity contribution in [3.8, 4) is 0 Å². The number of hydrogen-bond donors (Lipinski definition) is 1. The summed E-state index contributed by atoms with van der Waals surface area (Å²) in [7, 11) is 0. The van der Waals surface area contributed by atoms with E-state index in [2.05, 4.69) is 33.9 Å². The maximum atomic E-state index is 12.4. The zero-order valence-corrected chi connectivity index (χ0v) is 17.1. The van der Waals surface area contributed by atoms with Crippen molar-refractivity contribution in [2.24, 2.45) is 4.99 Å². The van der Waals surface area contributed by atoms with E-state index >= 15 is 0 Å². The van der Waals surface area contributed by atoms with Crippen molar-refractivity contribution in [3.63, 3.8) is 0 Å². The minimum Gasteiger partial charge on any atom is -0.378 e. The summed E-state index contributed by atoms with van der Waals surface area (Å²) in [6, 6.07) is 0. The normalized spacial score (nSPS) is 19.4. The lowest BCUT2D eigenvalue weighted by Crippen LogP contribution is -2.54. The first kappa shape index (κ1) is 20.0. The maximum absolute atomic E-state index is 12.4. The van der Waals surface area contributed by atoms with Gasteiger partial charge in [0, 0.05) is 56.9 Å². The fourth-order valence-electron chi connectivity index (χ4n) is 3.26. The fourth-order valence-corrected chi connectivity index (χ4v) is 3.98. The number of carbonyl (C=O) groups is 1. The molecule has 2 fully saturated rings. The van der Waals surface area contributed by atoms with Gasteiger partial charge >= 0.3 is 0 Å². The Morgan fingerprint density at radius 1 is 1.22 bits per heavy atom. The van der Waals surface area contributed by atoms with E-state index < -0.39 is 0 Å². The number of nitrogens with one attached hydrogen (secondary N) is 1. The van der Waals surface area contributed by atoms with Crippen molar-refractivity contribution in [2.75, 3.05) is 65.6 Å². The highest BCUT2D eigenvalue weighted by molar-refractivity contribution is 7.11. The van der Waals surface area contributed by atoms with Gasteiger partial charge in [0.2, 0.25) is 5.91 Å². The molecule has 0 bridgehead atoms. The predicted octanol–water partition coefficient (Wildman–Crippen LogP) is 0.393. The number of carbonyl (C=O) groups excluding carboxylic acids is 1. The quantitative estimate of drug-likeness (QED) is 0.576. The van der Waals surface area contributed by atoms with Gasteiger partial charge < -0.3 is 19.9 Å². The number of aromatic nitrogens is 1. The van der Waals surface area contributed by atoms with E-state index in [1.807, 2.05) is 11.1 Å². The molecule has 0 unspecified atom stereocenters. The number of aryl methyl sites for hydroxylation is 1. The van der Waals surface area contributed by atoms with Crippen LogP contribution in [0, 0.1) is 6.92 Å². The average molecular weight is 395 g/mol. The van der Waals surface area contributed by atoms with E-state index in [4.69, 9.17) is 9.73 Å². The minimum atomic E-state index is 0.214. The summed E-state index contributed by atoms with van der Waals surface area (Å²) in [5.41, 5.74) is 0. The van der Waals surface area contributed by atoms with Gasteiger partial charge in [0.1, 0.15) is 5.01 Å². The Labute approximate surface area is 165 Å². The lowest BCUT2D eigenvalue weighted by Gasteiger charge is -2.37. The summed E-state index contributed by atoms with van der Waals surface area (Å²) >= 11 is 1.69. The van der Waals surface area contributed by atoms with E-state index in [1.165, 1.54) is 4.88 Å². The van der Waals surface area contributed by atoms with Gasteiger partial charge in [-0.15, -0.1) is 11.3 Å². The first-order valence-electron chi connectivity index (χ1n) is 9.68. The van der Waals surface area contributed by atoms with Crippen molar-refractivity contribution in [2.45, 2.75) is 20.4 Å². The lowest BCUT2D eigenvalue weighted by atomic mass is 10.3. The van der Waals surface area contributed by atoms with Crippen LogP contribution >= 0.6 is 11.3 Å². The number of rotatable bonds is 5. The van der Waals surface area contributed by atoms with E-state index in [1.54, 1.807) is 11.3 Å². The molecule has 3 heterocycles. The van der Waals surface area contributed by atoms with Crippen molar-refractivity contribution >= 4 is 23.2 Å². The molecule has 2 aliphatic rings. The highest BCUT2D eigenvalue weighted by Crippen LogP contribution is 2.12. The molecule has 0 aliphatic carbocycles. The van der Waals surface area contributed by atoms with Crippen LogP contribution in [0.15, 0.2) is 11.2 Å². The number of aliphatic imine (C=N–C) groups is 1. The number of amides is 1. The Morgan fingerprint density at radius 2 is 1.96 bits per heavy atom. The average Bonchev–Trinajstić information content (AvgIpc) is 3.12. The number of piperazine rings is 1. The molecule has 1 N–H and O–H groups in total. The first-order chi connectivity index (χ1) is 13.2. The standard InChI is InChI=1S/C18H30N6O2S/c1-3-19-18(21-13-16-20-12-15(2)27-16)24-6-4-22(5-7-24)14-17(25)23-8-10-26-11-9-23/h12H,3-11,13-14H2,1-2H3,(H,19,21). The maximum Gasteiger partial charge on any atom is 0.236 e. The Morgan fingerprint density at radius 3 is 2.59 bits per heavy atom. The van der Waals surface area contributed by atoms with E-state index in [0.717, 1.165) is 43.7 Å². The van der Waals surface area contributed by atoms with Crippen molar-refractivity contribution < 1.29 is 9.53 Å². The monoisotopic (exact) mass is 394 g/mol. The molecular weight excluding hydrogens is 364 g/mol. The molecule has 0 radical (unpaired) electrons. The molecule has 2 aliphatic heterocycles. The first-order valence-corrected chi connectivity index (χ1v) is 10.5. The largest absolute Gasteiger partial charge is 0.378 e. The van der Waals surface area contributed by atoms with Gasteiger partial charge in [-0.25, -0.2) is 9.98 Å². The Kier molecular flexibility index (Phi) is 7.42. The molecule has 27 heavy (non-hydrogen) atoms. The molecule has 9 heteroatoms. The highest BCUT2D eigenvalue weighted by Gasteiger charge is 2.24. The second-order valence-corrected chi connectivity index (χ2v) is 8.11. The zero-order valence-electron chi connectivity index (χ0n) is 16.3. The van der Waals surface area contributed by atoms with Gasteiger partial charge in [-0.05, 0) is 13.8 Å². The summed E-state index contributed by atoms with van der Waals surface area (Å²) in [5.74, 6) is 1.15. The fraction of sp³-hybridized carbons (Fsp3) is 0.722. The summed E-state index contributed by atoms with van der Waals surface area (Å²) < 4.78 is 5.32. The third-order valence-electron chi connectivity index (χ3n) is 4.76. The van der Waals surface area contributed by atoms with Crippen molar-refractivity contribution in [3.05, 3.63) is 16.1 Å². The van der Waals surface area contributed by atoms with Gasteiger partial charge in [-0.2, -0.15) is 0 Å². The van der Waals surface area contributed by atoms with E-state index in [9.17, 15) is 4.79 Å². The molecule has 1 amide bonds. The molecule has 0 aromatic carbocycles. The Hall–Kier alpha value is -1.71. The Bertz CT molecular complexity index is 636. The van der Waals surface area contributed by atoms with Gasteiger partial charge in [-0.3, -0.25) is 9.69 Å². The van der Waals surface area contributed by atoms with Crippen molar-refractivity contribution in [1.82, 2.24) is 25.0 Å². The van der Waals surface area contributed by atoms with Gasteiger partial charge in [0.15, 0.2) is 5.96 Å². The van der Waals surface area contributed by atoms with Crippen LogP contribution in [-0.4, -0.2) is 97.1 Å². The molecule has 2 saturated heterocycles. The topological polar surface area (TPSA) is 73.3 Å². The van der Waals surface area contributed by atoms with Crippen LogP contribution in [0.5, 0.6) is 0 Å². The van der Waals surface area contributed by atoms with E-state index in [0.29, 0.717) is 39.4 Å². The lowest BCUT2D eigenvalue weighted by molar-refractivity contribution is -0.136. The molecule has 0 atom stereocenters. The molecule has 0 spiro atoms. The third-order valence-corrected chi connectivity index (χ3v) is 5.66. The number of morpholine rings is 1. The van der Waals surface area contributed by atoms with Gasteiger partial charge in [-0.1, -0.05) is 0 Å². The second kappa shape index (κ2) is 10.0. The molecule has 150 valence electrons. The SMILES string of the molecule is CCNC(=NCc1ncc(C)s1)N1CCN(CC(=O)N2CCOCC2)CC1. The van der Waals surface area contributed by atoms with Crippen LogP contribution in [0.4, 0.5) is 0 Å². The number of thiazole rings is 1. The molecule has 0 saturated carbocycles. The number of hydrogen-bond acceptors (Lipinski definition) is 6. The smallest absolute Gasteiger partial charge is 0.236 e. The molecular formula is C18H30N6O2S. The van der Waals surface area contributed by atoms with Crippen LogP contribution in [0.1, 0.15) is 16.8 Å². The summed E-state index contributed by atoms with van der Waals surface area (Å²) in [6.07, 6.45) is 1.90. The van der Waals surface area contributed by atoms with Crippen LogP contribution in [-0.2, 0) is 16.1 Å². The number of nitrogens with zero attached hydrogens (tertiary/aromatic N) is 5. The van der Waals surface area contributed by atoms with Crippen LogP contribution in [0.3, 0.4) is 0 Å². The van der Waals surface area contributed by atoms with Crippen molar-refractivity contribution in [1.29, 1.82) is 0 Å². The summed E-state index contributed by atoms with van der Waals surface area (Å²) in [5, 5.41) is 4.42. The number of guanidine groups is 1. The van der Waals surface area contributed by atoms with Gasteiger partial charge in [0.05, 0.1) is 26.3 Å². The zero-order chi connectivity index (χ0) is 19.1. The third kappa shape index (κ3) is 5.88. The molecule has 1 aromatic rings. The van der Waals surface area contributed by atoms with Crippen LogP contribution < -0.4 is 5.32 Å². The molecule has 1 aromatic heterocycles. The Balaban J connectivity index is 1.48. The molecule has 8 nitrogen and oxygen atoms in total. The van der Waals surface area contributed by atoms with Gasteiger partial charge in [0.25, 0.3) is 0 Å². The van der Waals surface area contributed by atoms with Crippen LogP contribution in [0.25, 0.3) is 0 Å². The highest BCUT2D eigenvalue weighted by atomic mass is 32.1. The summed E-state index contributed by atoms with van der Waals surface area (Å²) in [4.78, 5) is 29.2. The minimum absolute atomic E-state index is 0.214. The predicted molar refractivity (Wildman–Crippen MR) is 107 cm³/mol. The second-order valence-electron chi connectivity index (χ2n) is 6.79.